The Kier molecular flexibility index (Phi) is 5.10. The molecule has 1 saturated heterocycles. The lowest BCUT2D eigenvalue weighted by molar-refractivity contribution is 0.309. The van der Waals surface area contributed by atoms with E-state index in [-0.39, 0.29) is 23.3 Å². The highest BCUT2D eigenvalue weighted by atomic mass is 16.5. The van der Waals surface area contributed by atoms with Gasteiger partial charge in [0.25, 0.3) is 5.56 Å². The molecule has 2 aromatic rings. The highest BCUT2D eigenvalue weighted by Crippen LogP contribution is 2.42. The SMILES string of the molecule is [C-]#[N+]C(C)(C)C(NC)C1CCN(c2ccc3c(=O)[nH]c(=O)n(C4CC4)c3c2OC)C1. The fraction of sp³-hybridized carbons (Fsp3) is 0.591. The molecule has 2 aliphatic rings. The minimum Gasteiger partial charge on any atom is -0.492 e. The zero-order valence-electron chi connectivity index (χ0n) is 18.0. The Hall–Kier alpha value is -2.79. The minimum atomic E-state index is -0.497. The van der Waals surface area contributed by atoms with Crippen LogP contribution < -0.4 is 26.2 Å². The van der Waals surface area contributed by atoms with Crippen molar-refractivity contribution in [2.45, 2.75) is 50.7 Å². The van der Waals surface area contributed by atoms with Crippen LogP contribution in [0.15, 0.2) is 21.7 Å². The monoisotopic (exact) mass is 411 g/mol. The summed E-state index contributed by atoms with van der Waals surface area (Å²) >= 11 is 0. The van der Waals surface area contributed by atoms with Gasteiger partial charge in [0, 0.05) is 38.9 Å². The van der Waals surface area contributed by atoms with Gasteiger partial charge in [-0.2, -0.15) is 0 Å². The Balaban J connectivity index is 1.78. The first-order chi connectivity index (χ1) is 14.3. The number of benzene rings is 1. The number of anilines is 1. The smallest absolute Gasteiger partial charge is 0.329 e. The molecule has 4 rings (SSSR count). The van der Waals surface area contributed by atoms with E-state index in [1.165, 1.54) is 0 Å². The summed E-state index contributed by atoms with van der Waals surface area (Å²) in [5.41, 5.74) is 0.218. The number of hydrogen-bond acceptors (Lipinski definition) is 5. The van der Waals surface area contributed by atoms with E-state index >= 15 is 0 Å². The number of methoxy groups -OCH3 is 1. The second-order valence-electron chi connectivity index (χ2n) is 8.90. The van der Waals surface area contributed by atoms with Gasteiger partial charge in [-0.15, -0.1) is 0 Å². The number of ether oxygens (including phenoxy) is 1. The number of aromatic nitrogens is 2. The van der Waals surface area contributed by atoms with Crippen LogP contribution >= 0.6 is 0 Å². The first-order valence-corrected chi connectivity index (χ1v) is 10.5. The maximum atomic E-state index is 12.6. The largest absolute Gasteiger partial charge is 0.492 e. The Bertz CT molecular complexity index is 1120. The molecular formula is C22H29N5O3. The molecule has 2 N–H and O–H groups in total. The van der Waals surface area contributed by atoms with Gasteiger partial charge in [-0.3, -0.25) is 14.3 Å². The number of hydrogen-bond donors (Lipinski definition) is 2. The fourth-order valence-electron chi connectivity index (χ4n) is 4.95. The molecule has 160 valence electrons. The van der Waals surface area contributed by atoms with Crippen LogP contribution in [-0.2, 0) is 0 Å². The van der Waals surface area contributed by atoms with E-state index in [0.29, 0.717) is 22.6 Å². The summed E-state index contributed by atoms with van der Waals surface area (Å²) in [5, 5.41) is 3.82. The molecule has 1 saturated carbocycles. The van der Waals surface area contributed by atoms with E-state index in [4.69, 9.17) is 11.3 Å². The Morgan fingerprint density at radius 1 is 1.30 bits per heavy atom. The summed E-state index contributed by atoms with van der Waals surface area (Å²) in [6.07, 6.45) is 2.81. The quantitative estimate of drug-likeness (QED) is 0.712. The number of nitrogens with one attached hydrogen (secondary N) is 2. The van der Waals surface area contributed by atoms with Crippen molar-refractivity contribution >= 4 is 16.6 Å². The van der Waals surface area contributed by atoms with Crippen LogP contribution in [-0.4, -0.2) is 48.4 Å². The first-order valence-electron chi connectivity index (χ1n) is 10.5. The van der Waals surface area contributed by atoms with E-state index < -0.39 is 5.54 Å². The predicted octanol–water partition coefficient (Wildman–Crippen LogP) is 2.15. The van der Waals surface area contributed by atoms with Crippen molar-refractivity contribution in [1.82, 2.24) is 14.9 Å². The zero-order valence-corrected chi connectivity index (χ0v) is 18.0. The summed E-state index contributed by atoms with van der Waals surface area (Å²) in [4.78, 5) is 33.5. The highest BCUT2D eigenvalue weighted by Gasteiger charge is 2.43. The molecule has 1 aliphatic heterocycles. The number of likely N-dealkylation sites (N-methyl/N-ethyl adjacent to an activating group) is 1. The average molecular weight is 412 g/mol. The fourth-order valence-corrected chi connectivity index (χ4v) is 4.95. The van der Waals surface area contributed by atoms with Crippen LogP contribution in [0.2, 0.25) is 0 Å². The van der Waals surface area contributed by atoms with Crippen LogP contribution in [0.4, 0.5) is 5.69 Å². The highest BCUT2D eigenvalue weighted by molar-refractivity contribution is 5.90. The zero-order chi connectivity index (χ0) is 21.6. The predicted molar refractivity (Wildman–Crippen MR) is 118 cm³/mol. The number of fused-ring (bicyclic) bond motifs is 1. The number of aromatic amines is 1. The summed E-state index contributed by atoms with van der Waals surface area (Å²) < 4.78 is 7.48. The van der Waals surface area contributed by atoms with E-state index in [1.807, 2.05) is 27.0 Å². The van der Waals surface area contributed by atoms with Crippen LogP contribution in [0, 0.1) is 12.5 Å². The van der Waals surface area contributed by atoms with Crippen molar-refractivity contribution in [3.8, 4) is 5.75 Å². The van der Waals surface area contributed by atoms with Crippen molar-refractivity contribution in [2.24, 2.45) is 5.92 Å². The van der Waals surface area contributed by atoms with E-state index in [1.54, 1.807) is 17.7 Å². The molecule has 2 atom stereocenters. The Morgan fingerprint density at radius 3 is 2.63 bits per heavy atom. The van der Waals surface area contributed by atoms with E-state index in [0.717, 1.165) is 38.0 Å². The molecule has 30 heavy (non-hydrogen) atoms. The maximum Gasteiger partial charge on any atom is 0.329 e. The summed E-state index contributed by atoms with van der Waals surface area (Å²) in [6.45, 7) is 13.1. The van der Waals surface area contributed by atoms with Crippen molar-refractivity contribution in [3.05, 3.63) is 44.4 Å². The third kappa shape index (κ3) is 3.27. The number of rotatable bonds is 6. The van der Waals surface area contributed by atoms with Gasteiger partial charge in [-0.25, -0.2) is 11.4 Å². The van der Waals surface area contributed by atoms with Crippen LogP contribution in [0.5, 0.6) is 5.75 Å². The van der Waals surface area contributed by atoms with Gasteiger partial charge in [-0.1, -0.05) is 0 Å². The standard InChI is InChI=1S/C22H29N5O3/c1-22(2,24-4)19(23-3)13-10-11-26(12-13)16-9-8-15-17(18(16)30-5)27(14-6-7-14)21(29)25-20(15)28/h8-9,13-14,19,23H,6-7,10-12H2,1-3,5H3,(H,25,28,29). The molecule has 0 radical (unpaired) electrons. The molecule has 1 aromatic heterocycles. The third-order valence-corrected chi connectivity index (χ3v) is 6.55. The summed E-state index contributed by atoms with van der Waals surface area (Å²) in [5.74, 6) is 0.887. The van der Waals surface area contributed by atoms with Crippen LogP contribution in [0.1, 0.15) is 39.2 Å². The summed E-state index contributed by atoms with van der Waals surface area (Å²) in [6, 6.07) is 3.88. The van der Waals surface area contributed by atoms with Gasteiger partial charge >= 0.3 is 5.69 Å². The van der Waals surface area contributed by atoms with Gasteiger partial charge in [0.1, 0.15) is 5.52 Å². The summed E-state index contributed by atoms with van der Waals surface area (Å²) in [7, 11) is 3.50. The molecule has 1 aliphatic carbocycles. The second kappa shape index (κ2) is 7.47. The topological polar surface area (TPSA) is 83.7 Å². The van der Waals surface area contributed by atoms with Gasteiger partial charge in [0.2, 0.25) is 5.54 Å². The molecular weight excluding hydrogens is 382 g/mol. The molecule has 2 heterocycles. The molecule has 2 fully saturated rings. The molecule has 2 unspecified atom stereocenters. The van der Waals surface area contributed by atoms with E-state index in [2.05, 4.69) is 20.0 Å². The van der Waals surface area contributed by atoms with Gasteiger partial charge in [0.05, 0.1) is 24.2 Å². The average Bonchev–Trinajstić information content (AvgIpc) is 3.44. The molecule has 8 heteroatoms. The van der Waals surface area contributed by atoms with Crippen LogP contribution in [0.25, 0.3) is 15.7 Å². The number of H-pyrrole nitrogens is 1. The van der Waals surface area contributed by atoms with Crippen LogP contribution in [0.3, 0.4) is 0 Å². The lowest BCUT2D eigenvalue weighted by atomic mass is 9.84. The molecule has 0 amide bonds. The maximum absolute atomic E-state index is 12.6. The lowest BCUT2D eigenvalue weighted by Gasteiger charge is -2.29. The Morgan fingerprint density at radius 2 is 2.03 bits per heavy atom. The molecule has 0 spiro atoms. The van der Waals surface area contributed by atoms with Crippen molar-refractivity contribution in [1.29, 1.82) is 0 Å². The molecule has 8 nitrogen and oxygen atoms in total. The van der Waals surface area contributed by atoms with Crippen molar-refractivity contribution in [3.63, 3.8) is 0 Å². The Labute approximate surface area is 175 Å². The minimum absolute atomic E-state index is 0.0685. The first kappa shape index (κ1) is 20.5. The van der Waals surface area contributed by atoms with Gasteiger partial charge in [0.15, 0.2) is 5.75 Å². The lowest BCUT2D eigenvalue weighted by Crippen LogP contribution is -2.49. The van der Waals surface area contributed by atoms with Gasteiger partial charge in [-0.05, 0) is 38.4 Å². The van der Waals surface area contributed by atoms with Gasteiger partial charge < -0.3 is 19.8 Å². The second-order valence-corrected chi connectivity index (χ2v) is 8.90. The molecule has 0 bridgehead atoms. The molecule has 1 aromatic carbocycles. The van der Waals surface area contributed by atoms with E-state index in [9.17, 15) is 9.59 Å². The van der Waals surface area contributed by atoms with Crippen molar-refractivity contribution < 1.29 is 4.74 Å². The number of nitrogens with zero attached hydrogens (tertiary/aromatic N) is 3. The third-order valence-electron chi connectivity index (χ3n) is 6.55. The van der Waals surface area contributed by atoms with Crippen molar-refractivity contribution in [2.75, 3.05) is 32.1 Å². The normalized spacial score (nSPS) is 20.4.